The van der Waals surface area contributed by atoms with Crippen molar-refractivity contribution in [3.05, 3.63) is 0 Å². The van der Waals surface area contributed by atoms with E-state index in [0.29, 0.717) is 5.92 Å². The Hall–Kier alpha value is -0.570. The van der Waals surface area contributed by atoms with Crippen LogP contribution in [0.2, 0.25) is 0 Å². The van der Waals surface area contributed by atoms with Crippen LogP contribution in [0.5, 0.6) is 0 Å². The summed E-state index contributed by atoms with van der Waals surface area (Å²) in [4.78, 5) is 11.8. The minimum absolute atomic E-state index is 0.0715. The standard InChI is InChI=1S/C17H36N2O/c1-14(2)10-8-6-7-9-12-18-16(5)17(20)19-13-11-15(3)4/h14-16,18H,6-13H2,1-5H3,(H,19,20). The summed E-state index contributed by atoms with van der Waals surface area (Å²) in [6, 6.07) is -0.0715. The van der Waals surface area contributed by atoms with Gasteiger partial charge >= 0.3 is 0 Å². The van der Waals surface area contributed by atoms with Crippen LogP contribution in [0.1, 0.15) is 73.1 Å². The predicted octanol–water partition coefficient (Wildman–Crippen LogP) is 3.73. The highest BCUT2D eigenvalue weighted by molar-refractivity contribution is 5.81. The molecule has 0 aromatic rings. The fourth-order valence-electron chi connectivity index (χ4n) is 2.08. The van der Waals surface area contributed by atoms with Crippen LogP contribution in [0.4, 0.5) is 0 Å². The lowest BCUT2D eigenvalue weighted by Gasteiger charge is -2.14. The van der Waals surface area contributed by atoms with E-state index in [0.717, 1.165) is 25.4 Å². The van der Waals surface area contributed by atoms with Gasteiger partial charge in [0.25, 0.3) is 0 Å². The number of carbonyl (C=O) groups is 1. The van der Waals surface area contributed by atoms with Crippen molar-refractivity contribution >= 4 is 5.91 Å². The molecule has 1 atom stereocenters. The molecule has 1 amide bonds. The fourth-order valence-corrected chi connectivity index (χ4v) is 2.08. The summed E-state index contributed by atoms with van der Waals surface area (Å²) in [5.74, 6) is 1.59. The molecule has 0 spiro atoms. The third-order valence-electron chi connectivity index (χ3n) is 3.57. The molecular formula is C17H36N2O. The molecule has 0 aliphatic carbocycles. The van der Waals surface area contributed by atoms with E-state index in [4.69, 9.17) is 0 Å². The van der Waals surface area contributed by atoms with Crippen LogP contribution in [0, 0.1) is 11.8 Å². The highest BCUT2D eigenvalue weighted by atomic mass is 16.2. The first-order chi connectivity index (χ1) is 9.43. The average molecular weight is 284 g/mol. The van der Waals surface area contributed by atoms with Gasteiger partial charge < -0.3 is 10.6 Å². The van der Waals surface area contributed by atoms with Crippen molar-refractivity contribution in [2.24, 2.45) is 11.8 Å². The Morgan fingerprint density at radius 2 is 1.40 bits per heavy atom. The van der Waals surface area contributed by atoms with Gasteiger partial charge in [-0.25, -0.2) is 0 Å². The van der Waals surface area contributed by atoms with Crippen molar-refractivity contribution < 1.29 is 4.79 Å². The topological polar surface area (TPSA) is 41.1 Å². The largest absolute Gasteiger partial charge is 0.355 e. The number of carbonyl (C=O) groups excluding carboxylic acids is 1. The lowest BCUT2D eigenvalue weighted by molar-refractivity contribution is -0.122. The summed E-state index contributed by atoms with van der Waals surface area (Å²) in [6.07, 6.45) is 7.47. The number of unbranched alkanes of at least 4 members (excludes halogenated alkanes) is 3. The summed E-state index contributed by atoms with van der Waals surface area (Å²) in [5.41, 5.74) is 0. The molecule has 20 heavy (non-hydrogen) atoms. The number of hydrogen-bond acceptors (Lipinski definition) is 2. The van der Waals surface area contributed by atoms with Crippen LogP contribution in [0.25, 0.3) is 0 Å². The first-order valence-corrected chi connectivity index (χ1v) is 8.44. The van der Waals surface area contributed by atoms with Crippen LogP contribution >= 0.6 is 0 Å². The van der Waals surface area contributed by atoms with Gasteiger partial charge in [-0.15, -0.1) is 0 Å². The number of hydrogen-bond donors (Lipinski definition) is 2. The quantitative estimate of drug-likeness (QED) is 0.536. The lowest BCUT2D eigenvalue weighted by atomic mass is 10.0. The Labute approximate surface area is 126 Å². The molecule has 0 rings (SSSR count). The smallest absolute Gasteiger partial charge is 0.236 e. The van der Waals surface area contributed by atoms with Crippen molar-refractivity contribution in [1.82, 2.24) is 10.6 Å². The molecule has 0 radical (unpaired) electrons. The Morgan fingerprint density at radius 1 is 0.800 bits per heavy atom. The van der Waals surface area contributed by atoms with Crippen molar-refractivity contribution in [2.75, 3.05) is 13.1 Å². The molecule has 120 valence electrons. The number of amides is 1. The molecule has 0 aliphatic heterocycles. The van der Waals surface area contributed by atoms with Gasteiger partial charge in [0.05, 0.1) is 6.04 Å². The molecule has 0 aromatic heterocycles. The molecule has 0 aromatic carbocycles. The molecule has 3 heteroatoms. The molecule has 0 heterocycles. The zero-order valence-corrected chi connectivity index (χ0v) is 14.3. The van der Waals surface area contributed by atoms with Gasteiger partial charge in [-0.05, 0) is 38.1 Å². The maximum atomic E-state index is 11.8. The zero-order chi connectivity index (χ0) is 15.4. The van der Waals surface area contributed by atoms with Gasteiger partial charge in [0.15, 0.2) is 0 Å². The SMILES string of the molecule is CC(C)CCCCCCNC(C)C(=O)NCCC(C)C. The molecule has 3 nitrogen and oxygen atoms in total. The fraction of sp³-hybridized carbons (Fsp3) is 0.941. The molecule has 0 saturated heterocycles. The Bertz CT molecular complexity index is 239. The number of nitrogens with one attached hydrogen (secondary N) is 2. The van der Waals surface area contributed by atoms with Gasteiger partial charge in [0, 0.05) is 6.54 Å². The lowest BCUT2D eigenvalue weighted by Crippen LogP contribution is -2.42. The molecule has 1 unspecified atom stereocenters. The molecule has 2 N–H and O–H groups in total. The Balaban J connectivity index is 3.43. The third kappa shape index (κ3) is 12.5. The van der Waals surface area contributed by atoms with E-state index in [9.17, 15) is 4.79 Å². The second-order valence-corrected chi connectivity index (χ2v) is 6.75. The van der Waals surface area contributed by atoms with Crippen LogP contribution in [-0.2, 0) is 4.79 Å². The van der Waals surface area contributed by atoms with Gasteiger partial charge in [0.1, 0.15) is 0 Å². The van der Waals surface area contributed by atoms with E-state index in [1.165, 1.54) is 32.1 Å². The second-order valence-electron chi connectivity index (χ2n) is 6.75. The Morgan fingerprint density at radius 3 is 2.00 bits per heavy atom. The maximum Gasteiger partial charge on any atom is 0.236 e. The average Bonchev–Trinajstić information content (AvgIpc) is 2.36. The molecule has 0 saturated carbocycles. The normalized spacial score (nSPS) is 12.9. The van der Waals surface area contributed by atoms with E-state index >= 15 is 0 Å². The first kappa shape index (κ1) is 19.4. The van der Waals surface area contributed by atoms with Crippen molar-refractivity contribution in [3.8, 4) is 0 Å². The first-order valence-electron chi connectivity index (χ1n) is 8.44. The van der Waals surface area contributed by atoms with Crippen LogP contribution in [-0.4, -0.2) is 25.0 Å². The van der Waals surface area contributed by atoms with E-state index in [2.05, 4.69) is 38.3 Å². The zero-order valence-electron chi connectivity index (χ0n) is 14.3. The van der Waals surface area contributed by atoms with E-state index in [-0.39, 0.29) is 11.9 Å². The van der Waals surface area contributed by atoms with E-state index in [1.54, 1.807) is 0 Å². The highest BCUT2D eigenvalue weighted by Gasteiger charge is 2.10. The van der Waals surface area contributed by atoms with E-state index in [1.807, 2.05) is 6.92 Å². The summed E-state index contributed by atoms with van der Waals surface area (Å²) >= 11 is 0. The second kappa shape index (κ2) is 12.2. The van der Waals surface area contributed by atoms with Gasteiger partial charge in [-0.2, -0.15) is 0 Å². The molecule has 0 fully saturated rings. The van der Waals surface area contributed by atoms with Crippen molar-refractivity contribution in [1.29, 1.82) is 0 Å². The molecule has 0 aliphatic rings. The van der Waals surface area contributed by atoms with E-state index < -0.39 is 0 Å². The Kier molecular flexibility index (Phi) is 11.8. The summed E-state index contributed by atoms with van der Waals surface area (Å²) < 4.78 is 0. The van der Waals surface area contributed by atoms with Gasteiger partial charge in [-0.3, -0.25) is 4.79 Å². The monoisotopic (exact) mass is 284 g/mol. The highest BCUT2D eigenvalue weighted by Crippen LogP contribution is 2.09. The minimum atomic E-state index is -0.0715. The van der Waals surface area contributed by atoms with Gasteiger partial charge in [0.2, 0.25) is 5.91 Å². The third-order valence-corrected chi connectivity index (χ3v) is 3.57. The predicted molar refractivity (Wildman–Crippen MR) is 87.9 cm³/mol. The maximum absolute atomic E-state index is 11.8. The van der Waals surface area contributed by atoms with Gasteiger partial charge in [-0.1, -0.05) is 53.4 Å². The summed E-state index contributed by atoms with van der Waals surface area (Å²) in [7, 11) is 0. The van der Waals surface area contributed by atoms with Crippen LogP contribution in [0.15, 0.2) is 0 Å². The van der Waals surface area contributed by atoms with Crippen molar-refractivity contribution in [2.45, 2.75) is 79.2 Å². The number of rotatable bonds is 12. The molecule has 0 bridgehead atoms. The summed E-state index contributed by atoms with van der Waals surface area (Å²) in [5, 5.41) is 6.29. The minimum Gasteiger partial charge on any atom is -0.355 e. The van der Waals surface area contributed by atoms with Crippen LogP contribution < -0.4 is 10.6 Å². The summed E-state index contributed by atoms with van der Waals surface area (Å²) in [6.45, 7) is 12.6. The van der Waals surface area contributed by atoms with Crippen LogP contribution in [0.3, 0.4) is 0 Å². The molecular weight excluding hydrogens is 248 g/mol. The van der Waals surface area contributed by atoms with Crippen molar-refractivity contribution in [3.63, 3.8) is 0 Å².